The molecule has 2 aromatic heterocycles. The molecule has 0 saturated carbocycles. The van der Waals surface area contributed by atoms with Gasteiger partial charge >= 0.3 is 0 Å². The monoisotopic (exact) mass is 243 g/mol. The van der Waals surface area contributed by atoms with Crippen molar-refractivity contribution in [3.63, 3.8) is 0 Å². The zero-order chi connectivity index (χ0) is 13.0. The van der Waals surface area contributed by atoms with Crippen molar-refractivity contribution in [3.8, 4) is 0 Å². The lowest BCUT2D eigenvalue weighted by Gasteiger charge is -2.21. The van der Waals surface area contributed by atoms with Gasteiger partial charge in [-0.3, -0.25) is 4.98 Å². The van der Waals surface area contributed by atoms with E-state index in [1.807, 2.05) is 42.3 Å². The van der Waals surface area contributed by atoms with E-state index in [1.165, 1.54) is 0 Å². The van der Waals surface area contributed by atoms with Gasteiger partial charge in [0.1, 0.15) is 5.82 Å². The lowest BCUT2D eigenvalue weighted by molar-refractivity contribution is 0.199. The number of pyridine rings is 2. The van der Waals surface area contributed by atoms with Crippen LogP contribution in [0.4, 0.5) is 5.82 Å². The third-order valence-electron chi connectivity index (χ3n) is 2.75. The van der Waals surface area contributed by atoms with Crippen LogP contribution in [-0.2, 0) is 6.54 Å². The first-order chi connectivity index (χ1) is 8.68. The van der Waals surface area contributed by atoms with E-state index in [2.05, 4.69) is 9.97 Å². The van der Waals surface area contributed by atoms with Gasteiger partial charge in [-0.1, -0.05) is 12.1 Å². The summed E-state index contributed by atoms with van der Waals surface area (Å²) in [4.78, 5) is 10.6. The molecule has 2 heterocycles. The van der Waals surface area contributed by atoms with Gasteiger partial charge in [0, 0.05) is 25.0 Å². The Hall–Kier alpha value is -1.94. The highest BCUT2D eigenvalue weighted by molar-refractivity contribution is 5.47. The summed E-state index contributed by atoms with van der Waals surface area (Å²) in [7, 11) is 1.95. The summed E-state index contributed by atoms with van der Waals surface area (Å²) in [6.07, 6.45) is 2.98. The standard InChI is InChI=1S/C14H17N3O/c1-11(18)13-7-5-9-16-14(13)17(2)10-12-6-3-4-8-15-12/h3-9,11,18H,10H2,1-2H3/t11-/m1/s1. The van der Waals surface area contributed by atoms with Crippen molar-refractivity contribution in [1.82, 2.24) is 9.97 Å². The Morgan fingerprint density at radius 1 is 1.17 bits per heavy atom. The summed E-state index contributed by atoms with van der Waals surface area (Å²) < 4.78 is 0. The Balaban J connectivity index is 2.21. The molecule has 1 N–H and O–H groups in total. The second kappa shape index (κ2) is 5.60. The fourth-order valence-corrected chi connectivity index (χ4v) is 1.86. The zero-order valence-corrected chi connectivity index (χ0v) is 10.6. The molecular weight excluding hydrogens is 226 g/mol. The molecular formula is C14H17N3O. The molecule has 0 aliphatic rings. The van der Waals surface area contributed by atoms with E-state index in [0.717, 1.165) is 17.1 Å². The molecule has 1 atom stereocenters. The van der Waals surface area contributed by atoms with Gasteiger partial charge in [-0.05, 0) is 25.1 Å². The molecule has 0 aliphatic carbocycles. The average Bonchev–Trinajstić information content (AvgIpc) is 2.40. The molecule has 0 saturated heterocycles. The molecule has 18 heavy (non-hydrogen) atoms. The van der Waals surface area contributed by atoms with E-state index in [1.54, 1.807) is 19.3 Å². The number of aromatic nitrogens is 2. The average molecular weight is 243 g/mol. The van der Waals surface area contributed by atoms with Gasteiger partial charge in [0.15, 0.2) is 0 Å². The fourth-order valence-electron chi connectivity index (χ4n) is 1.86. The SMILES string of the molecule is C[C@@H](O)c1cccnc1N(C)Cc1ccccn1. The van der Waals surface area contributed by atoms with Gasteiger partial charge in [0.2, 0.25) is 0 Å². The Morgan fingerprint density at radius 3 is 2.61 bits per heavy atom. The van der Waals surface area contributed by atoms with Gasteiger partial charge in [-0.25, -0.2) is 4.98 Å². The van der Waals surface area contributed by atoms with Crippen molar-refractivity contribution in [2.45, 2.75) is 19.6 Å². The van der Waals surface area contributed by atoms with E-state index in [0.29, 0.717) is 6.54 Å². The van der Waals surface area contributed by atoms with E-state index in [-0.39, 0.29) is 0 Å². The van der Waals surface area contributed by atoms with Gasteiger partial charge in [0.05, 0.1) is 18.3 Å². The van der Waals surface area contributed by atoms with Crippen molar-refractivity contribution in [2.75, 3.05) is 11.9 Å². The Morgan fingerprint density at radius 2 is 1.94 bits per heavy atom. The Bertz CT molecular complexity index is 499. The second-order valence-electron chi connectivity index (χ2n) is 4.27. The van der Waals surface area contributed by atoms with E-state index in [9.17, 15) is 5.11 Å². The van der Waals surface area contributed by atoms with Crippen LogP contribution < -0.4 is 4.90 Å². The third kappa shape index (κ3) is 2.84. The maximum Gasteiger partial charge on any atom is 0.134 e. The minimum absolute atomic E-state index is 0.528. The maximum absolute atomic E-state index is 9.74. The minimum Gasteiger partial charge on any atom is -0.389 e. The number of nitrogens with zero attached hydrogens (tertiary/aromatic N) is 3. The predicted molar refractivity (Wildman–Crippen MR) is 71.2 cm³/mol. The van der Waals surface area contributed by atoms with Crippen molar-refractivity contribution in [1.29, 1.82) is 0 Å². The summed E-state index contributed by atoms with van der Waals surface area (Å²) in [6.45, 7) is 2.41. The number of aliphatic hydroxyl groups excluding tert-OH is 1. The van der Waals surface area contributed by atoms with E-state index >= 15 is 0 Å². The molecule has 2 rings (SSSR count). The van der Waals surface area contributed by atoms with Crippen molar-refractivity contribution in [3.05, 3.63) is 54.0 Å². The predicted octanol–water partition coefficient (Wildman–Crippen LogP) is 2.17. The lowest BCUT2D eigenvalue weighted by atomic mass is 10.1. The molecule has 0 radical (unpaired) electrons. The van der Waals surface area contributed by atoms with E-state index < -0.39 is 6.10 Å². The number of rotatable bonds is 4. The van der Waals surface area contributed by atoms with E-state index in [4.69, 9.17) is 0 Å². The lowest BCUT2D eigenvalue weighted by Crippen LogP contribution is -2.20. The highest BCUT2D eigenvalue weighted by Gasteiger charge is 2.12. The molecule has 0 amide bonds. The molecule has 0 aliphatic heterocycles. The maximum atomic E-state index is 9.74. The number of hydrogen-bond donors (Lipinski definition) is 1. The Labute approximate surface area is 107 Å². The highest BCUT2D eigenvalue weighted by atomic mass is 16.3. The van der Waals surface area contributed by atoms with Crippen molar-refractivity contribution < 1.29 is 5.11 Å². The Kier molecular flexibility index (Phi) is 3.89. The van der Waals surface area contributed by atoms with Crippen LogP contribution in [0.2, 0.25) is 0 Å². The largest absolute Gasteiger partial charge is 0.389 e. The molecule has 4 heteroatoms. The number of aliphatic hydroxyl groups is 1. The van der Waals surface area contributed by atoms with Gasteiger partial charge < -0.3 is 10.0 Å². The van der Waals surface area contributed by atoms with Gasteiger partial charge in [-0.15, -0.1) is 0 Å². The van der Waals surface area contributed by atoms with Crippen LogP contribution in [0.5, 0.6) is 0 Å². The summed E-state index contributed by atoms with van der Waals surface area (Å²) in [6, 6.07) is 9.55. The summed E-state index contributed by atoms with van der Waals surface area (Å²) in [5.41, 5.74) is 1.80. The number of hydrogen-bond acceptors (Lipinski definition) is 4. The summed E-state index contributed by atoms with van der Waals surface area (Å²) in [5, 5.41) is 9.74. The molecule has 0 spiro atoms. The zero-order valence-electron chi connectivity index (χ0n) is 10.6. The molecule has 2 aromatic rings. The third-order valence-corrected chi connectivity index (χ3v) is 2.75. The fraction of sp³-hybridized carbons (Fsp3) is 0.286. The van der Waals surface area contributed by atoms with Crippen molar-refractivity contribution >= 4 is 5.82 Å². The van der Waals surface area contributed by atoms with Crippen LogP contribution in [0.15, 0.2) is 42.7 Å². The summed E-state index contributed by atoms with van der Waals surface area (Å²) >= 11 is 0. The molecule has 0 aromatic carbocycles. The molecule has 0 fully saturated rings. The topological polar surface area (TPSA) is 49.3 Å². The smallest absolute Gasteiger partial charge is 0.134 e. The first-order valence-corrected chi connectivity index (χ1v) is 5.92. The quantitative estimate of drug-likeness (QED) is 0.894. The van der Waals surface area contributed by atoms with Crippen LogP contribution in [0.3, 0.4) is 0 Å². The van der Waals surface area contributed by atoms with Crippen LogP contribution in [0, 0.1) is 0 Å². The second-order valence-corrected chi connectivity index (χ2v) is 4.27. The van der Waals surface area contributed by atoms with Crippen LogP contribution in [0.1, 0.15) is 24.3 Å². The van der Waals surface area contributed by atoms with Crippen LogP contribution in [-0.4, -0.2) is 22.1 Å². The van der Waals surface area contributed by atoms with Crippen molar-refractivity contribution in [2.24, 2.45) is 0 Å². The first kappa shape index (κ1) is 12.5. The van der Waals surface area contributed by atoms with Gasteiger partial charge in [-0.2, -0.15) is 0 Å². The molecule has 0 bridgehead atoms. The molecule has 94 valence electrons. The minimum atomic E-state index is -0.528. The molecule has 0 unspecified atom stereocenters. The first-order valence-electron chi connectivity index (χ1n) is 5.92. The normalized spacial score (nSPS) is 12.2. The molecule has 4 nitrogen and oxygen atoms in total. The highest BCUT2D eigenvalue weighted by Crippen LogP contribution is 2.23. The summed E-state index contributed by atoms with van der Waals surface area (Å²) in [5.74, 6) is 0.790. The van der Waals surface area contributed by atoms with Crippen LogP contribution >= 0.6 is 0 Å². The van der Waals surface area contributed by atoms with Crippen LogP contribution in [0.25, 0.3) is 0 Å². The number of anilines is 1. The van der Waals surface area contributed by atoms with Gasteiger partial charge in [0.25, 0.3) is 0 Å².